The highest BCUT2D eigenvalue weighted by molar-refractivity contribution is 7.91. The van der Waals surface area contributed by atoms with E-state index in [2.05, 4.69) is 0 Å². The maximum absolute atomic E-state index is 13.1. The van der Waals surface area contributed by atoms with Crippen LogP contribution in [0.2, 0.25) is 0 Å². The van der Waals surface area contributed by atoms with Gasteiger partial charge in [-0.3, -0.25) is 0 Å². The molecule has 0 aliphatic carbocycles. The molecule has 0 aliphatic rings. The number of hydrogen-bond acceptors (Lipinski definition) is 4. The molecule has 3 rings (SSSR count). The van der Waals surface area contributed by atoms with Gasteiger partial charge in [0.25, 0.3) is 0 Å². The summed E-state index contributed by atoms with van der Waals surface area (Å²) in [5, 5.41) is 0. The van der Waals surface area contributed by atoms with Gasteiger partial charge in [-0.2, -0.15) is 0 Å². The molecule has 0 atom stereocenters. The van der Waals surface area contributed by atoms with E-state index in [9.17, 15) is 12.8 Å². The highest BCUT2D eigenvalue weighted by Crippen LogP contribution is 2.33. The van der Waals surface area contributed by atoms with E-state index >= 15 is 0 Å². The van der Waals surface area contributed by atoms with E-state index in [0.29, 0.717) is 17.9 Å². The number of nitrogens with two attached hydrogens (primary N) is 1. The van der Waals surface area contributed by atoms with Crippen LogP contribution in [-0.2, 0) is 16.4 Å². The highest BCUT2D eigenvalue weighted by atomic mass is 32.2. The minimum Gasteiger partial charge on any atom is -0.467 e. The Morgan fingerprint density at radius 3 is 2.42 bits per heavy atom. The zero-order chi connectivity index (χ0) is 17.5. The number of halogens is 1. The van der Waals surface area contributed by atoms with E-state index in [1.54, 1.807) is 36.8 Å². The number of nitrogen functional groups attached to an aromatic ring is 1. The molecule has 2 aromatic heterocycles. The van der Waals surface area contributed by atoms with Gasteiger partial charge in [-0.05, 0) is 55.8 Å². The van der Waals surface area contributed by atoms with Crippen LogP contribution in [0.15, 0.2) is 56.9 Å². The Labute approximate surface area is 139 Å². The number of aromatic nitrogens is 1. The van der Waals surface area contributed by atoms with Crippen molar-refractivity contribution in [3.05, 3.63) is 65.5 Å². The second-order valence-electron chi connectivity index (χ2n) is 5.55. The quantitative estimate of drug-likeness (QED) is 0.734. The SMILES string of the molecule is Cc1c(S(=O)(=O)c2ccc(F)cc2)c(N)n(Cc2ccco2)c1C. The first kappa shape index (κ1) is 16.3. The molecule has 0 amide bonds. The lowest BCUT2D eigenvalue weighted by molar-refractivity contribution is 0.492. The van der Waals surface area contributed by atoms with Gasteiger partial charge >= 0.3 is 0 Å². The smallest absolute Gasteiger partial charge is 0.210 e. The molecule has 7 heteroatoms. The normalized spacial score (nSPS) is 11.8. The molecule has 0 aliphatic heterocycles. The number of nitrogens with zero attached hydrogens (tertiary/aromatic N) is 1. The van der Waals surface area contributed by atoms with Crippen molar-refractivity contribution < 1.29 is 17.2 Å². The fraction of sp³-hybridized carbons (Fsp3) is 0.176. The third kappa shape index (κ3) is 2.60. The lowest BCUT2D eigenvalue weighted by Gasteiger charge is -2.08. The lowest BCUT2D eigenvalue weighted by Crippen LogP contribution is -2.09. The van der Waals surface area contributed by atoms with Gasteiger partial charge in [-0.25, -0.2) is 12.8 Å². The molecule has 0 fully saturated rings. The van der Waals surface area contributed by atoms with Gasteiger partial charge in [0.1, 0.15) is 22.3 Å². The van der Waals surface area contributed by atoms with Crippen molar-refractivity contribution in [3.8, 4) is 0 Å². The van der Waals surface area contributed by atoms with Gasteiger partial charge in [-0.1, -0.05) is 0 Å². The van der Waals surface area contributed by atoms with Crippen LogP contribution in [0.1, 0.15) is 17.0 Å². The fourth-order valence-corrected chi connectivity index (χ4v) is 4.36. The second kappa shape index (κ2) is 5.83. The minimum absolute atomic E-state index is 0.00819. The Kier molecular flexibility index (Phi) is 3.96. The average molecular weight is 348 g/mol. The number of rotatable bonds is 4. The zero-order valence-electron chi connectivity index (χ0n) is 13.3. The lowest BCUT2D eigenvalue weighted by atomic mass is 10.3. The first-order chi connectivity index (χ1) is 11.3. The Balaban J connectivity index is 2.13. The fourth-order valence-electron chi connectivity index (χ4n) is 2.70. The molecule has 24 heavy (non-hydrogen) atoms. The first-order valence-electron chi connectivity index (χ1n) is 7.30. The van der Waals surface area contributed by atoms with Crippen molar-refractivity contribution in [2.24, 2.45) is 0 Å². The van der Waals surface area contributed by atoms with Crippen LogP contribution in [0.5, 0.6) is 0 Å². The molecular weight excluding hydrogens is 331 g/mol. The molecule has 5 nitrogen and oxygen atoms in total. The minimum atomic E-state index is -3.84. The largest absolute Gasteiger partial charge is 0.467 e. The van der Waals surface area contributed by atoms with Crippen molar-refractivity contribution in [2.75, 3.05) is 5.73 Å². The van der Waals surface area contributed by atoms with Gasteiger partial charge < -0.3 is 14.7 Å². The van der Waals surface area contributed by atoms with Gasteiger partial charge in [0.15, 0.2) is 0 Å². The number of benzene rings is 1. The van der Waals surface area contributed by atoms with Crippen LogP contribution >= 0.6 is 0 Å². The van der Waals surface area contributed by atoms with E-state index in [-0.39, 0.29) is 15.6 Å². The van der Waals surface area contributed by atoms with Crippen molar-refractivity contribution in [1.29, 1.82) is 0 Å². The Morgan fingerprint density at radius 2 is 1.83 bits per heavy atom. The van der Waals surface area contributed by atoms with Gasteiger partial charge in [-0.15, -0.1) is 0 Å². The van der Waals surface area contributed by atoms with E-state index in [1.807, 2.05) is 0 Å². The Hall–Kier alpha value is -2.54. The Morgan fingerprint density at radius 1 is 1.17 bits per heavy atom. The summed E-state index contributed by atoms with van der Waals surface area (Å²) in [5.41, 5.74) is 7.46. The van der Waals surface area contributed by atoms with Crippen LogP contribution in [0.3, 0.4) is 0 Å². The van der Waals surface area contributed by atoms with Crippen LogP contribution in [0.4, 0.5) is 10.2 Å². The van der Waals surface area contributed by atoms with E-state index in [1.165, 1.54) is 12.1 Å². The third-order valence-electron chi connectivity index (χ3n) is 4.10. The summed E-state index contributed by atoms with van der Waals surface area (Å²) in [7, 11) is -3.84. The summed E-state index contributed by atoms with van der Waals surface area (Å²) in [6.45, 7) is 3.85. The highest BCUT2D eigenvalue weighted by Gasteiger charge is 2.28. The molecule has 126 valence electrons. The number of hydrogen-bond donors (Lipinski definition) is 1. The van der Waals surface area contributed by atoms with Crippen LogP contribution in [-0.4, -0.2) is 13.0 Å². The maximum Gasteiger partial charge on any atom is 0.210 e. The third-order valence-corrected chi connectivity index (χ3v) is 6.04. The first-order valence-corrected chi connectivity index (χ1v) is 8.79. The second-order valence-corrected chi connectivity index (χ2v) is 7.43. The molecule has 0 saturated heterocycles. The maximum atomic E-state index is 13.1. The van der Waals surface area contributed by atoms with Crippen LogP contribution in [0.25, 0.3) is 0 Å². The summed E-state index contributed by atoms with van der Waals surface area (Å²) in [6.07, 6.45) is 1.55. The van der Waals surface area contributed by atoms with Gasteiger partial charge in [0, 0.05) is 5.69 Å². The Bertz CT molecular complexity index is 972. The van der Waals surface area contributed by atoms with Crippen LogP contribution in [0, 0.1) is 19.7 Å². The number of sulfone groups is 1. The van der Waals surface area contributed by atoms with E-state index in [4.69, 9.17) is 10.2 Å². The van der Waals surface area contributed by atoms with Gasteiger partial charge in [0.2, 0.25) is 9.84 Å². The molecule has 0 saturated carbocycles. The molecule has 0 bridgehead atoms. The van der Waals surface area contributed by atoms with Crippen molar-refractivity contribution in [1.82, 2.24) is 4.57 Å². The summed E-state index contributed by atoms with van der Waals surface area (Å²) >= 11 is 0. The molecule has 1 aromatic carbocycles. The molecule has 0 spiro atoms. The summed E-state index contributed by atoms with van der Waals surface area (Å²) in [6, 6.07) is 8.26. The molecule has 2 heterocycles. The topological polar surface area (TPSA) is 78.2 Å². The monoisotopic (exact) mass is 348 g/mol. The van der Waals surface area contributed by atoms with E-state index < -0.39 is 15.7 Å². The van der Waals surface area contributed by atoms with Gasteiger partial charge in [0.05, 0.1) is 17.7 Å². The van der Waals surface area contributed by atoms with Crippen molar-refractivity contribution in [2.45, 2.75) is 30.2 Å². The van der Waals surface area contributed by atoms with E-state index in [0.717, 1.165) is 17.8 Å². The van der Waals surface area contributed by atoms with Crippen molar-refractivity contribution >= 4 is 15.7 Å². The predicted molar refractivity (Wildman–Crippen MR) is 88.0 cm³/mol. The summed E-state index contributed by atoms with van der Waals surface area (Å²) in [4.78, 5) is 0.0620. The van der Waals surface area contributed by atoms with Crippen molar-refractivity contribution in [3.63, 3.8) is 0 Å². The summed E-state index contributed by atoms with van der Waals surface area (Å²) in [5.74, 6) is 0.321. The zero-order valence-corrected chi connectivity index (χ0v) is 14.1. The molecule has 2 N–H and O–H groups in total. The average Bonchev–Trinajstić information content (AvgIpc) is 3.11. The predicted octanol–water partition coefficient (Wildman–Crippen LogP) is 3.30. The summed E-state index contributed by atoms with van der Waals surface area (Å²) < 4.78 is 45.9. The number of anilines is 1. The standard InChI is InChI=1S/C17H17FN2O3S/c1-11-12(2)20(10-14-4-3-9-23-14)17(19)16(11)24(21,22)15-7-5-13(18)6-8-15/h3-9H,10,19H2,1-2H3. The van der Waals surface area contributed by atoms with Crippen LogP contribution < -0.4 is 5.73 Å². The molecular formula is C17H17FN2O3S. The number of furan rings is 1. The molecule has 0 radical (unpaired) electrons. The molecule has 0 unspecified atom stereocenters. The molecule has 3 aromatic rings.